The molecular weight excluding hydrogens is 284 g/mol. The van der Waals surface area contributed by atoms with Crippen molar-refractivity contribution < 1.29 is 24.9 Å². The number of carbonyl (C=O) groups is 1. The predicted molar refractivity (Wildman–Crippen MR) is 84.3 cm³/mol. The van der Waals surface area contributed by atoms with E-state index in [9.17, 15) is 20.1 Å². The van der Waals surface area contributed by atoms with Gasteiger partial charge in [0.25, 0.3) is 0 Å². The van der Waals surface area contributed by atoms with Gasteiger partial charge in [-0.1, -0.05) is 46.0 Å². The first-order chi connectivity index (χ1) is 10.4. The summed E-state index contributed by atoms with van der Waals surface area (Å²) >= 11 is 0. The highest BCUT2D eigenvalue weighted by atomic mass is 16.5. The fourth-order valence-corrected chi connectivity index (χ4v) is 2.16. The molecule has 0 aliphatic rings. The highest BCUT2D eigenvalue weighted by Gasteiger charge is 2.14. The highest BCUT2D eigenvalue weighted by Crippen LogP contribution is 2.35. The summed E-state index contributed by atoms with van der Waals surface area (Å²) in [6.07, 6.45) is 6.63. The predicted octanol–water partition coefficient (Wildman–Crippen LogP) is 3.96. The molecule has 1 aromatic rings. The maximum atomic E-state index is 11.7. The Kier molecular flexibility index (Phi) is 7.57. The lowest BCUT2D eigenvalue weighted by atomic mass is 10.0. The van der Waals surface area contributed by atoms with Crippen LogP contribution >= 0.6 is 0 Å². The quantitative estimate of drug-likeness (QED) is 0.365. The van der Waals surface area contributed by atoms with E-state index in [0.29, 0.717) is 6.61 Å². The van der Waals surface area contributed by atoms with Crippen molar-refractivity contribution in [3.8, 4) is 17.2 Å². The smallest absolute Gasteiger partial charge is 0.338 e. The molecule has 0 fully saturated rings. The van der Waals surface area contributed by atoms with E-state index in [1.807, 2.05) is 0 Å². The van der Waals surface area contributed by atoms with Crippen LogP contribution in [0.4, 0.5) is 0 Å². The number of hydrogen-bond acceptors (Lipinski definition) is 5. The molecule has 1 aromatic carbocycles. The lowest BCUT2D eigenvalue weighted by Gasteiger charge is -2.07. The molecule has 0 aliphatic carbocycles. The maximum absolute atomic E-state index is 11.7. The molecule has 3 N–H and O–H groups in total. The summed E-state index contributed by atoms with van der Waals surface area (Å²) in [7, 11) is 0. The fourth-order valence-electron chi connectivity index (χ4n) is 2.16. The molecule has 0 atom stereocenters. The number of phenols is 3. The molecule has 0 bridgehead atoms. The summed E-state index contributed by atoms with van der Waals surface area (Å²) in [5.41, 5.74) is 0.0183. The monoisotopic (exact) mass is 310 g/mol. The number of carbonyl (C=O) groups excluding carboxylic acids is 1. The molecule has 0 aromatic heterocycles. The summed E-state index contributed by atoms with van der Waals surface area (Å²) in [6.45, 7) is 4.75. The van der Waals surface area contributed by atoms with E-state index in [1.165, 1.54) is 19.3 Å². The zero-order valence-corrected chi connectivity index (χ0v) is 13.3. The molecule has 0 saturated heterocycles. The van der Waals surface area contributed by atoms with E-state index >= 15 is 0 Å². The van der Waals surface area contributed by atoms with E-state index in [0.717, 1.165) is 37.3 Å². The molecule has 0 spiro atoms. The van der Waals surface area contributed by atoms with Crippen LogP contribution in [0, 0.1) is 5.92 Å². The van der Waals surface area contributed by atoms with Gasteiger partial charge in [0.05, 0.1) is 12.2 Å². The summed E-state index contributed by atoms with van der Waals surface area (Å²) in [5, 5.41) is 27.9. The summed E-state index contributed by atoms with van der Waals surface area (Å²) < 4.78 is 5.08. The molecule has 1 rings (SSSR count). The van der Waals surface area contributed by atoms with E-state index < -0.39 is 23.2 Å². The number of rotatable bonds is 9. The Hall–Kier alpha value is -1.91. The van der Waals surface area contributed by atoms with Crippen LogP contribution < -0.4 is 0 Å². The van der Waals surface area contributed by atoms with Gasteiger partial charge in [0.15, 0.2) is 17.2 Å². The van der Waals surface area contributed by atoms with Crippen LogP contribution in [0.25, 0.3) is 0 Å². The van der Waals surface area contributed by atoms with Gasteiger partial charge in [0.2, 0.25) is 0 Å². The third-order valence-corrected chi connectivity index (χ3v) is 3.46. The van der Waals surface area contributed by atoms with Crippen LogP contribution in [0.1, 0.15) is 62.7 Å². The normalized spacial score (nSPS) is 10.9. The summed E-state index contributed by atoms with van der Waals surface area (Å²) in [4.78, 5) is 11.7. The number of aromatic hydroxyl groups is 3. The molecule has 0 heterocycles. The minimum absolute atomic E-state index is 0.0183. The van der Waals surface area contributed by atoms with Gasteiger partial charge in [-0.05, 0) is 24.5 Å². The van der Waals surface area contributed by atoms with E-state index in [2.05, 4.69) is 13.8 Å². The van der Waals surface area contributed by atoms with Crippen LogP contribution in [0.2, 0.25) is 0 Å². The number of esters is 1. The van der Waals surface area contributed by atoms with Crippen molar-refractivity contribution in [1.29, 1.82) is 0 Å². The van der Waals surface area contributed by atoms with Crippen LogP contribution in [-0.4, -0.2) is 27.9 Å². The van der Waals surface area contributed by atoms with Crippen molar-refractivity contribution in [2.24, 2.45) is 5.92 Å². The van der Waals surface area contributed by atoms with Gasteiger partial charge >= 0.3 is 5.97 Å². The van der Waals surface area contributed by atoms with Gasteiger partial charge in [-0.15, -0.1) is 0 Å². The Morgan fingerprint density at radius 3 is 2.14 bits per heavy atom. The standard InChI is InChI=1S/C17H26O5/c1-12(2)8-6-4-3-5-7-9-22-17(21)13-10-14(18)16(20)15(19)11-13/h10-12,18-20H,3-9H2,1-2H3. The molecule has 22 heavy (non-hydrogen) atoms. The molecule has 0 amide bonds. The number of ether oxygens (including phenoxy) is 1. The Labute approximate surface area is 131 Å². The molecule has 0 saturated carbocycles. The van der Waals surface area contributed by atoms with Crippen molar-refractivity contribution in [2.75, 3.05) is 6.61 Å². The van der Waals surface area contributed by atoms with Gasteiger partial charge in [0.1, 0.15) is 0 Å². The van der Waals surface area contributed by atoms with Crippen molar-refractivity contribution >= 4 is 5.97 Å². The SMILES string of the molecule is CC(C)CCCCCCCOC(=O)c1cc(O)c(O)c(O)c1. The van der Waals surface area contributed by atoms with Crippen LogP contribution in [0.15, 0.2) is 12.1 Å². The molecule has 124 valence electrons. The molecule has 0 aliphatic heterocycles. The molecule has 0 unspecified atom stereocenters. The second kappa shape index (κ2) is 9.18. The second-order valence-corrected chi connectivity index (χ2v) is 5.95. The Balaban J connectivity index is 2.21. The molecular formula is C17H26O5. The maximum Gasteiger partial charge on any atom is 0.338 e. The zero-order valence-electron chi connectivity index (χ0n) is 13.3. The van der Waals surface area contributed by atoms with Crippen LogP contribution in [0.5, 0.6) is 17.2 Å². The van der Waals surface area contributed by atoms with Crippen molar-refractivity contribution in [3.05, 3.63) is 17.7 Å². The molecule has 5 heteroatoms. The van der Waals surface area contributed by atoms with Crippen molar-refractivity contribution in [3.63, 3.8) is 0 Å². The third kappa shape index (κ3) is 6.24. The minimum Gasteiger partial charge on any atom is -0.504 e. The summed E-state index contributed by atoms with van der Waals surface area (Å²) in [6, 6.07) is 2.15. The minimum atomic E-state index is -0.641. The van der Waals surface area contributed by atoms with E-state index in [-0.39, 0.29) is 5.56 Å². The average Bonchev–Trinajstić information content (AvgIpc) is 2.46. The first kappa shape index (κ1) is 18.1. The lowest BCUT2D eigenvalue weighted by molar-refractivity contribution is 0.0496. The molecule has 5 nitrogen and oxygen atoms in total. The van der Waals surface area contributed by atoms with Crippen molar-refractivity contribution in [2.45, 2.75) is 52.4 Å². The van der Waals surface area contributed by atoms with Crippen molar-refractivity contribution in [1.82, 2.24) is 0 Å². The number of unbranched alkanes of at least 4 members (excludes halogenated alkanes) is 4. The largest absolute Gasteiger partial charge is 0.504 e. The zero-order chi connectivity index (χ0) is 16.5. The van der Waals surface area contributed by atoms with Crippen LogP contribution in [0.3, 0.4) is 0 Å². The van der Waals surface area contributed by atoms with Gasteiger partial charge in [-0.3, -0.25) is 0 Å². The number of phenolic OH excluding ortho intramolecular Hbond substituents is 3. The lowest BCUT2D eigenvalue weighted by Crippen LogP contribution is -2.06. The highest BCUT2D eigenvalue weighted by molar-refractivity contribution is 5.91. The van der Waals surface area contributed by atoms with Crippen LogP contribution in [-0.2, 0) is 4.74 Å². The molecule has 0 radical (unpaired) electrons. The second-order valence-electron chi connectivity index (χ2n) is 5.95. The first-order valence-electron chi connectivity index (χ1n) is 7.84. The van der Waals surface area contributed by atoms with Gasteiger partial charge in [-0.25, -0.2) is 4.79 Å². The average molecular weight is 310 g/mol. The third-order valence-electron chi connectivity index (χ3n) is 3.46. The Morgan fingerprint density at radius 2 is 1.55 bits per heavy atom. The number of hydrogen-bond donors (Lipinski definition) is 3. The fraction of sp³-hybridized carbons (Fsp3) is 0.588. The van der Waals surface area contributed by atoms with E-state index in [4.69, 9.17) is 4.74 Å². The topological polar surface area (TPSA) is 87.0 Å². The first-order valence-corrected chi connectivity index (χ1v) is 7.84. The Morgan fingerprint density at radius 1 is 1.00 bits per heavy atom. The van der Waals surface area contributed by atoms with Gasteiger partial charge in [-0.2, -0.15) is 0 Å². The van der Waals surface area contributed by atoms with Gasteiger partial charge < -0.3 is 20.1 Å². The van der Waals surface area contributed by atoms with E-state index in [1.54, 1.807) is 0 Å². The summed E-state index contributed by atoms with van der Waals surface area (Å²) in [5.74, 6) is -1.60. The van der Waals surface area contributed by atoms with Gasteiger partial charge in [0, 0.05) is 0 Å². The number of benzene rings is 1. The Bertz CT molecular complexity index is 459.